The van der Waals surface area contributed by atoms with E-state index in [1.807, 2.05) is 0 Å². The van der Waals surface area contributed by atoms with E-state index >= 15 is 0 Å². The van der Waals surface area contributed by atoms with E-state index in [9.17, 15) is 14.4 Å². The van der Waals surface area contributed by atoms with Crippen LogP contribution >= 0.6 is 0 Å². The highest BCUT2D eigenvalue weighted by Crippen LogP contribution is 2.12. The molecule has 0 saturated carbocycles. The van der Waals surface area contributed by atoms with Gasteiger partial charge in [-0.25, -0.2) is 0 Å². The summed E-state index contributed by atoms with van der Waals surface area (Å²) in [5, 5.41) is 0.303. The summed E-state index contributed by atoms with van der Waals surface area (Å²) in [6.45, 7) is 0. The predicted octanol–water partition coefficient (Wildman–Crippen LogP) is 1.55. The average Bonchev–Trinajstić information content (AvgIpc) is 2.40. The standard InChI is InChI=1S/C14H8O4/c15-6-2-1-3-10-4-5-13-12(7-10)14(17)11(8-16)9-18-13/h4-9H,2H2. The second-order valence-electron chi connectivity index (χ2n) is 3.52. The molecule has 4 nitrogen and oxygen atoms in total. The van der Waals surface area contributed by atoms with Crippen LogP contribution in [-0.4, -0.2) is 12.6 Å². The number of aldehydes is 2. The first-order valence-corrected chi connectivity index (χ1v) is 5.19. The van der Waals surface area contributed by atoms with Gasteiger partial charge in [-0.15, -0.1) is 0 Å². The Balaban J connectivity index is 2.60. The topological polar surface area (TPSA) is 64.3 Å². The summed E-state index contributed by atoms with van der Waals surface area (Å²) in [7, 11) is 0. The molecule has 0 N–H and O–H groups in total. The second kappa shape index (κ2) is 5.11. The van der Waals surface area contributed by atoms with Gasteiger partial charge in [-0.2, -0.15) is 0 Å². The summed E-state index contributed by atoms with van der Waals surface area (Å²) in [6.07, 6.45) is 2.43. The third-order valence-electron chi connectivity index (χ3n) is 2.34. The molecular formula is C14H8O4. The molecule has 0 aliphatic heterocycles. The molecule has 0 saturated heterocycles. The SMILES string of the molecule is O=CCC#Cc1ccc2occ(C=O)c(=O)c2c1. The number of fused-ring (bicyclic) bond motifs is 1. The number of hydrogen-bond acceptors (Lipinski definition) is 4. The lowest BCUT2D eigenvalue weighted by molar-refractivity contribution is -0.107. The highest BCUT2D eigenvalue weighted by atomic mass is 16.3. The van der Waals surface area contributed by atoms with Gasteiger partial charge in [0.1, 0.15) is 18.1 Å². The molecule has 0 amide bonds. The van der Waals surface area contributed by atoms with Crippen molar-refractivity contribution in [2.24, 2.45) is 0 Å². The minimum atomic E-state index is -0.384. The fourth-order valence-electron chi connectivity index (χ4n) is 1.50. The summed E-state index contributed by atoms with van der Waals surface area (Å²) < 4.78 is 5.16. The van der Waals surface area contributed by atoms with Crippen LogP contribution in [0.5, 0.6) is 0 Å². The highest BCUT2D eigenvalue weighted by molar-refractivity contribution is 5.84. The van der Waals surface area contributed by atoms with Gasteiger partial charge in [-0.05, 0) is 18.2 Å². The predicted molar refractivity (Wildman–Crippen MR) is 65.4 cm³/mol. The summed E-state index contributed by atoms with van der Waals surface area (Å²) >= 11 is 0. The number of rotatable bonds is 2. The van der Waals surface area contributed by atoms with Gasteiger partial charge in [0.15, 0.2) is 6.29 Å². The van der Waals surface area contributed by atoms with Gasteiger partial charge in [0.25, 0.3) is 0 Å². The fraction of sp³-hybridized carbons (Fsp3) is 0.0714. The number of hydrogen-bond donors (Lipinski definition) is 0. The van der Waals surface area contributed by atoms with Gasteiger partial charge in [-0.1, -0.05) is 11.8 Å². The Morgan fingerprint density at radius 2 is 2.11 bits per heavy atom. The first kappa shape index (κ1) is 11.8. The lowest BCUT2D eigenvalue weighted by Gasteiger charge is -1.97. The summed E-state index contributed by atoms with van der Waals surface area (Å²) in [5.41, 5.74) is 0.581. The minimum Gasteiger partial charge on any atom is -0.463 e. The Hall–Kier alpha value is -2.67. The summed E-state index contributed by atoms with van der Waals surface area (Å²) in [6, 6.07) is 4.84. The molecule has 2 aromatic rings. The maximum atomic E-state index is 11.8. The molecule has 0 bridgehead atoms. The van der Waals surface area contributed by atoms with Crippen molar-refractivity contribution in [2.45, 2.75) is 6.42 Å². The quantitative estimate of drug-likeness (QED) is 0.590. The molecule has 4 heteroatoms. The van der Waals surface area contributed by atoms with Crippen LogP contribution in [0.1, 0.15) is 22.3 Å². The minimum absolute atomic E-state index is 0.0273. The molecule has 18 heavy (non-hydrogen) atoms. The van der Waals surface area contributed by atoms with Crippen LogP contribution in [0, 0.1) is 11.8 Å². The smallest absolute Gasteiger partial charge is 0.203 e. The summed E-state index contributed by atoms with van der Waals surface area (Å²) in [4.78, 5) is 32.6. The molecule has 0 radical (unpaired) electrons. The van der Waals surface area contributed by atoms with Gasteiger partial charge >= 0.3 is 0 Å². The van der Waals surface area contributed by atoms with Crippen molar-refractivity contribution in [3.05, 3.63) is 45.8 Å². The molecule has 0 atom stereocenters. The lowest BCUT2D eigenvalue weighted by Crippen LogP contribution is -2.07. The third kappa shape index (κ3) is 2.20. The van der Waals surface area contributed by atoms with E-state index < -0.39 is 0 Å². The van der Waals surface area contributed by atoms with E-state index in [2.05, 4.69) is 11.8 Å². The van der Waals surface area contributed by atoms with E-state index in [1.165, 1.54) is 0 Å². The van der Waals surface area contributed by atoms with Crippen LogP contribution in [0.3, 0.4) is 0 Å². The van der Waals surface area contributed by atoms with Crippen molar-refractivity contribution in [1.29, 1.82) is 0 Å². The molecule has 0 aliphatic carbocycles. The molecule has 88 valence electrons. The van der Waals surface area contributed by atoms with Crippen LogP contribution < -0.4 is 5.43 Å². The number of benzene rings is 1. The Morgan fingerprint density at radius 1 is 1.28 bits per heavy atom. The Kier molecular flexibility index (Phi) is 3.35. The molecule has 0 fully saturated rings. The first-order chi connectivity index (χ1) is 8.76. The van der Waals surface area contributed by atoms with E-state index in [-0.39, 0.29) is 17.4 Å². The monoisotopic (exact) mass is 240 g/mol. The second-order valence-corrected chi connectivity index (χ2v) is 3.52. The molecule has 1 aromatic heterocycles. The van der Waals surface area contributed by atoms with Crippen molar-refractivity contribution in [2.75, 3.05) is 0 Å². The fourth-order valence-corrected chi connectivity index (χ4v) is 1.50. The zero-order chi connectivity index (χ0) is 13.0. The van der Waals surface area contributed by atoms with Gasteiger partial charge in [0.2, 0.25) is 5.43 Å². The van der Waals surface area contributed by atoms with E-state index in [4.69, 9.17) is 4.42 Å². The van der Waals surface area contributed by atoms with Gasteiger partial charge in [0, 0.05) is 5.56 Å². The maximum Gasteiger partial charge on any atom is 0.203 e. The zero-order valence-corrected chi connectivity index (χ0v) is 9.30. The van der Waals surface area contributed by atoms with Crippen molar-refractivity contribution < 1.29 is 14.0 Å². The van der Waals surface area contributed by atoms with Crippen LogP contribution in [0.2, 0.25) is 0 Å². The Morgan fingerprint density at radius 3 is 2.83 bits per heavy atom. The normalized spacial score (nSPS) is 9.56. The average molecular weight is 240 g/mol. The lowest BCUT2D eigenvalue weighted by atomic mass is 10.1. The van der Waals surface area contributed by atoms with Crippen molar-refractivity contribution in [3.8, 4) is 11.8 Å². The van der Waals surface area contributed by atoms with Gasteiger partial charge in [0.05, 0.1) is 17.4 Å². The van der Waals surface area contributed by atoms with E-state index in [1.54, 1.807) is 18.2 Å². The molecule has 2 rings (SSSR count). The highest BCUT2D eigenvalue weighted by Gasteiger charge is 2.06. The molecule has 1 heterocycles. The van der Waals surface area contributed by atoms with E-state index in [0.717, 1.165) is 6.26 Å². The summed E-state index contributed by atoms with van der Waals surface area (Å²) in [5.74, 6) is 5.40. The van der Waals surface area contributed by atoms with Crippen molar-refractivity contribution in [3.63, 3.8) is 0 Å². The molecule has 0 aliphatic rings. The van der Waals surface area contributed by atoms with Crippen molar-refractivity contribution >= 4 is 23.5 Å². The molecule has 0 unspecified atom stereocenters. The molecule has 1 aromatic carbocycles. The molecular weight excluding hydrogens is 232 g/mol. The number of carbonyl (C=O) groups excluding carboxylic acids is 2. The van der Waals surface area contributed by atoms with Crippen molar-refractivity contribution in [1.82, 2.24) is 0 Å². The van der Waals surface area contributed by atoms with Crippen LogP contribution in [0.25, 0.3) is 11.0 Å². The van der Waals surface area contributed by atoms with Gasteiger partial charge < -0.3 is 9.21 Å². The Labute approximate surface area is 102 Å². The maximum absolute atomic E-state index is 11.8. The number of carbonyl (C=O) groups is 2. The van der Waals surface area contributed by atoms with Crippen LogP contribution in [0.4, 0.5) is 0 Å². The van der Waals surface area contributed by atoms with Crippen LogP contribution in [-0.2, 0) is 4.79 Å². The zero-order valence-electron chi connectivity index (χ0n) is 9.30. The van der Waals surface area contributed by atoms with E-state index in [0.29, 0.717) is 29.1 Å². The largest absolute Gasteiger partial charge is 0.463 e. The van der Waals surface area contributed by atoms with Crippen LogP contribution in [0.15, 0.2) is 33.7 Å². The first-order valence-electron chi connectivity index (χ1n) is 5.19. The Bertz CT molecular complexity index is 729. The van der Waals surface area contributed by atoms with Gasteiger partial charge in [-0.3, -0.25) is 9.59 Å². The third-order valence-corrected chi connectivity index (χ3v) is 2.34. The molecule has 0 spiro atoms.